The zero-order chi connectivity index (χ0) is 12.8. The van der Waals surface area contributed by atoms with E-state index in [0.717, 1.165) is 12.0 Å². The van der Waals surface area contributed by atoms with Crippen LogP contribution < -0.4 is 5.32 Å². The first-order chi connectivity index (χ1) is 8.79. The van der Waals surface area contributed by atoms with Crippen LogP contribution in [0.5, 0.6) is 0 Å². The van der Waals surface area contributed by atoms with E-state index in [4.69, 9.17) is 0 Å². The van der Waals surface area contributed by atoms with E-state index < -0.39 is 0 Å². The SMILES string of the molecule is CCCC(=O)NCc1ccc(-n2cncn2)nc1. The number of hydrogen-bond donors (Lipinski definition) is 1. The topological polar surface area (TPSA) is 72.7 Å². The Bertz CT molecular complexity index is 492. The van der Waals surface area contributed by atoms with Crippen LogP contribution in [0, 0.1) is 0 Å². The molecule has 0 aliphatic carbocycles. The van der Waals surface area contributed by atoms with Crippen molar-refractivity contribution in [2.75, 3.05) is 0 Å². The molecule has 2 heterocycles. The number of pyridine rings is 1. The first-order valence-electron chi connectivity index (χ1n) is 5.86. The zero-order valence-electron chi connectivity index (χ0n) is 10.2. The Balaban J connectivity index is 1.94. The number of rotatable bonds is 5. The number of amides is 1. The van der Waals surface area contributed by atoms with Crippen LogP contribution in [0.15, 0.2) is 31.0 Å². The lowest BCUT2D eigenvalue weighted by molar-refractivity contribution is -0.121. The molecule has 0 aromatic carbocycles. The molecule has 2 rings (SSSR count). The predicted molar refractivity (Wildman–Crippen MR) is 65.9 cm³/mol. The van der Waals surface area contributed by atoms with Crippen molar-refractivity contribution in [1.82, 2.24) is 25.1 Å². The minimum absolute atomic E-state index is 0.0675. The first kappa shape index (κ1) is 12.2. The van der Waals surface area contributed by atoms with Gasteiger partial charge < -0.3 is 5.32 Å². The van der Waals surface area contributed by atoms with Crippen LogP contribution in [0.25, 0.3) is 5.82 Å². The van der Waals surface area contributed by atoms with Gasteiger partial charge in [-0.2, -0.15) is 5.10 Å². The molecular formula is C12H15N5O. The van der Waals surface area contributed by atoms with E-state index in [0.29, 0.717) is 18.8 Å². The van der Waals surface area contributed by atoms with Gasteiger partial charge in [-0.3, -0.25) is 4.79 Å². The van der Waals surface area contributed by atoms with Gasteiger partial charge in [0.2, 0.25) is 5.91 Å². The average Bonchev–Trinajstić information content (AvgIpc) is 2.91. The molecule has 0 spiro atoms. The summed E-state index contributed by atoms with van der Waals surface area (Å²) in [5.74, 6) is 0.772. The molecule has 2 aromatic heterocycles. The summed E-state index contributed by atoms with van der Waals surface area (Å²) in [5, 5.41) is 6.83. The highest BCUT2D eigenvalue weighted by atomic mass is 16.1. The van der Waals surface area contributed by atoms with Gasteiger partial charge in [-0.05, 0) is 18.1 Å². The molecule has 94 valence electrons. The van der Waals surface area contributed by atoms with E-state index in [1.807, 2.05) is 19.1 Å². The maximum atomic E-state index is 11.3. The predicted octanol–water partition coefficient (Wildman–Crippen LogP) is 1.08. The van der Waals surface area contributed by atoms with Crippen molar-refractivity contribution in [3.8, 4) is 5.82 Å². The quantitative estimate of drug-likeness (QED) is 0.855. The van der Waals surface area contributed by atoms with Gasteiger partial charge in [0, 0.05) is 19.2 Å². The molecule has 6 nitrogen and oxygen atoms in total. The lowest BCUT2D eigenvalue weighted by Crippen LogP contribution is -2.22. The number of carbonyl (C=O) groups is 1. The molecule has 0 saturated carbocycles. The van der Waals surface area contributed by atoms with Crippen molar-refractivity contribution >= 4 is 5.91 Å². The number of aromatic nitrogens is 4. The van der Waals surface area contributed by atoms with Gasteiger partial charge >= 0.3 is 0 Å². The summed E-state index contributed by atoms with van der Waals surface area (Å²) in [4.78, 5) is 19.4. The Labute approximate surface area is 105 Å². The maximum absolute atomic E-state index is 11.3. The third-order valence-electron chi connectivity index (χ3n) is 2.43. The van der Waals surface area contributed by atoms with Crippen LogP contribution in [-0.2, 0) is 11.3 Å². The van der Waals surface area contributed by atoms with Gasteiger partial charge in [-0.25, -0.2) is 14.6 Å². The van der Waals surface area contributed by atoms with E-state index >= 15 is 0 Å². The third kappa shape index (κ3) is 3.13. The fraction of sp³-hybridized carbons (Fsp3) is 0.333. The standard InChI is InChI=1S/C12H15N5O/c1-2-3-12(18)15-7-10-4-5-11(14-6-10)17-9-13-8-16-17/h4-6,8-9H,2-3,7H2,1H3,(H,15,18). The molecule has 18 heavy (non-hydrogen) atoms. The number of nitrogens with zero attached hydrogens (tertiary/aromatic N) is 4. The monoisotopic (exact) mass is 245 g/mol. The highest BCUT2D eigenvalue weighted by molar-refractivity contribution is 5.75. The second kappa shape index (κ2) is 5.90. The summed E-state index contributed by atoms with van der Waals surface area (Å²) >= 11 is 0. The van der Waals surface area contributed by atoms with E-state index in [9.17, 15) is 4.79 Å². The highest BCUT2D eigenvalue weighted by Crippen LogP contribution is 2.03. The Hall–Kier alpha value is -2.24. The van der Waals surface area contributed by atoms with Crippen molar-refractivity contribution in [2.45, 2.75) is 26.3 Å². The van der Waals surface area contributed by atoms with Crippen molar-refractivity contribution < 1.29 is 4.79 Å². The number of nitrogens with one attached hydrogen (secondary N) is 1. The van der Waals surface area contributed by atoms with Gasteiger partial charge in [0.05, 0.1) is 0 Å². The fourth-order valence-electron chi connectivity index (χ4n) is 1.50. The van der Waals surface area contributed by atoms with Crippen molar-refractivity contribution in [1.29, 1.82) is 0 Å². The molecule has 1 amide bonds. The van der Waals surface area contributed by atoms with Gasteiger partial charge in [0.1, 0.15) is 12.7 Å². The molecule has 0 atom stereocenters. The lowest BCUT2D eigenvalue weighted by atomic mass is 10.2. The second-order valence-electron chi connectivity index (χ2n) is 3.89. The van der Waals surface area contributed by atoms with E-state index in [1.54, 1.807) is 17.2 Å². The molecule has 0 fully saturated rings. The molecule has 0 unspecified atom stereocenters. The van der Waals surface area contributed by atoms with Crippen molar-refractivity contribution in [3.63, 3.8) is 0 Å². The molecule has 6 heteroatoms. The zero-order valence-corrected chi connectivity index (χ0v) is 10.2. The molecule has 0 aliphatic heterocycles. The van der Waals surface area contributed by atoms with E-state index in [1.165, 1.54) is 6.33 Å². The van der Waals surface area contributed by atoms with Gasteiger partial charge in [-0.15, -0.1) is 0 Å². The average molecular weight is 245 g/mol. The van der Waals surface area contributed by atoms with Crippen LogP contribution in [-0.4, -0.2) is 25.7 Å². The van der Waals surface area contributed by atoms with Crippen molar-refractivity contribution in [3.05, 3.63) is 36.5 Å². The van der Waals surface area contributed by atoms with Gasteiger partial charge in [-0.1, -0.05) is 13.0 Å². The molecule has 0 radical (unpaired) electrons. The summed E-state index contributed by atoms with van der Waals surface area (Å²) in [6, 6.07) is 3.76. The minimum atomic E-state index is 0.0675. The summed E-state index contributed by atoms with van der Waals surface area (Å²) in [6.45, 7) is 2.48. The Morgan fingerprint density at radius 3 is 2.94 bits per heavy atom. The summed E-state index contributed by atoms with van der Waals surface area (Å²) in [7, 11) is 0. The first-order valence-corrected chi connectivity index (χ1v) is 5.86. The van der Waals surface area contributed by atoms with E-state index in [2.05, 4.69) is 20.4 Å². The van der Waals surface area contributed by atoms with E-state index in [-0.39, 0.29) is 5.91 Å². The van der Waals surface area contributed by atoms with Gasteiger partial charge in [0.25, 0.3) is 0 Å². The molecule has 0 aliphatic rings. The molecule has 1 N–H and O–H groups in total. The second-order valence-corrected chi connectivity index (χ2v) is 3.89. The molecular weight excluding hydrogens is 230 g/mol. The number of hydrogen-bond acceptors (Lipinski definition) is 4. The van der Waals surface area contributed by atoms with Crippen molar-refractivity contribution in [2.24, 2.45) is 0 Å². The highest BCUT2D eigenvalue weighted by Gasteiger charge is 2.01. The Morgan fingerprint density at radius 1 is 1.44 bits per heavy atom. The lowest BCUT2D eigenvalue weighted by Gasteiger charge is -2.05. The minimum Gasteiger partial charge on any atom is -0.352 e. The summed E-state index contributed by atoms with van der Waals surface area (Å²) in [5.41, 5.74) is 0.961. The summed E-state index contributed by atoms with van der Waals surface area (Å²) < 4.78 is 1.58. The molecule has 2 aromatic rings. The molecule has 0 saturated heterocycles. The maximum Gasteiger partial charge on any atom is 0.220 e. The molecule has 0 bridgehead atoms. The largest absolute Gasteiger partial charge is 0.352 e. The van der Waals surface area contributed by atoms with Gasteiger partial charge in [0.15, 0.2) is 5.82 Å². The van der Waals surface area contributed by atoms with Crippen LogP contribution in [0.3, 0.4) is 0 Å². The summed E-state index contributed by atoms with van der Waals surface area (Å²) in [6.07, 6.45) is 6.19. The normalized spacial score (nSPS) is 10.3. The van der Waals surface area contributed by atoms with Crippen LogP contribution in [0.1, 0.15) is 25.3 Å². The number of carbonyl (C=O) groups excluding carboxylic acids is 1. The fourth-order valence-corrected chi connectivity index (χ4v) is 1.50. The van der Waals surface area contributed by atoms with Crippen LogP contribution >= 0.6 is 0 Å². The third-order valence-corrected chi connectivity index (χ3v) is 2.43. The van der Waals surface area contributed by atoms with Crippen LogP contribution in [0.4, 0.5) is 0 Å². The smallest absolute Gasteiger partial charge is 0.220 e. The Morgan fingerprint density at radius 2 is 2.33 bits per heavy atom. The Kier molecular flexibility index (Phi) is 4.01. The van der Waals surface area contributed by atoms with Crippen LogP contribution in [0.2, 0.25) is 0 Å².